The number of carbonyl (C=O) groups is 1. The number of aromatic nitrogens is 1. The van der Waals surface area contributed by atoms with Gasteiger partial charge in [-0.2, -0.15) is 0 Å². The Labute approximate surface area is 139 Å². The molecule has 0 aliphatic rings. The number of aromatic amines is 1. The van der Waals surface area contributed by atoms with Crippen LogP contribution in [0.3, 0.4) is 0 Å². The monoisotopic (exact) mass is 326 g/mol. The third-order valence-electron chi connectivity index (χ3n) is 4.25. The van der Waals surface area contributed by atoms with Gasteiger partial charge in [-0.3, -0.25) is 4.79 Å². The molecule has 0 saturated carbocycles. The average Bonchev–Trinajstić information content (AvgIpc) is 3.04. The minimum atomic E-state index is -0.951. The lowest BCUT2D eigenvalue weighted by Gasteiger charge is -2.29. The van der Waals surface area contributed by atoms with E-state index >= 15 is 0 Å². The summed E-state index contributed by atoms with van der Waals surface area (Å²) in [6.07, 6.45) is 0. The van der Waals surface area contributed by atoms with Crippen LogP contribution in [0.1, 0.15) is 23.0 Å². The van der Waals surface area contributed by atoms with Crippen molar-refractivity contribution in [1.29, 1.82) is 0 Å². The maximum atomic E-state index is 14.1. The first-order valence-electron chi connectivity index (χ1n) is 7.69. The summed E-state index contributed by atoms with van der Waals surface area (Å²) in [5.41, 5.74) is 0.811. The first kappa shape index (κ1) is 16.2. The summed E-state index contributed by atoms with van der Waals surface area (Å²) in [5.74, 6) is -0.618. The van der Waals surface area contributed by atoms with Gasteiger partial charge in [0.1, 0.15) is 17.1 Å². The van der Waals surface area contributed by atoms with Gasteiger partial charge in [0.25, 0.3) is 5.91 Å². The predicted molar refractivity (Wildman–Crippen MR) is 91.4 cm³/mol. The van der Waals surface area contributed by atoms with Crippen molar-refractivity contribution in [2.24, 2.45) is 0 Å². The summed E-state index contributed by atoms with van der Waals surface area (Å²) >= 11 is 0. The lowest BCUT2D eigenvalue weighted by atomic mass is 9.95. The number of nitrogens with one attached hydrogen (secondary N) is 2. The molecule has 0 aliphatic heterocycles. The number of rotatable bonds is 5. The second-order valence-electron chi connectivity index (χ2n) is 5.87. The van der Waals surface area contributed by atoms with Gasteiger partial charge < -0.3 is 15.0 Å². The van der Waals surface area contributed by atoms with Gasteiger partial charge in [-0.05, 0) is 25.1 Å². The summed E-state index contributed by atoms with van der Waals surface area (Å²) in [7, 11) is 1.50. The van der Waals surface area contributed by atoms with Crippen molar-refractivity contribution in [1.82, 2.24) is 10.3 Å². The van der Waals surface area contributed by atoms with Crippen molar-refractivity contribution in [2.75, 3.05) is 13.7 Å². The lowest BCUT2D eigenvalue weighted by molar-refractivity contribution is 0.000356. The Balaban J connectivity index is 1.77. The van der Waals surface area contributed by atoms with Crippen LogP contribution in [0.15, 0.2) is 54.6 Å². The summed E-state index contributed by atoms with van der Waals surface area (Å²) in [5, 5.41) is 3.78. The molecular weight excluding hydrogens is 307 g/mol. The van der Waals surface area contributed by atoms with E-state index < -0.39 is 5.60 Å². The Bertz CT molecular complexity index is 841. The number of fused-ring (bicyclic) bond motifs is 1. The number of H-pyrrole nitrogens is 1. The van der Waals surface area contributed by atoms with Crippen molar-refractivity contribution in [3.63, 3.8) is 0 Å². The number of methoxy groups -OCH3 is 1. The number of ether oxygens (including phenoxy) is 1. The molecule has 0 aliphatic carbocycles. The molecule has 1 atom stereocenters. The fraction of sp³-hybridized carbons (Fsp3) is 0.211. The van der Waals surface area contributed by atoms with Gasteiger partial charge in [0.05, 0.1) is 6.54 Å². The van der Waals surface area contributed by atoms with E-state index in [-0.39, 0.29) is 18.3 Å². The molecule has 1 heterocycles. The molecule has 24 heavy (non-hydrogen) atoms. The number of benzene rings is 2. The third kappa shape index (κ3) is 3.03. The largest absolute Gasteiger partial charge is 0.372 e. The molecule has 0 spiro atoms. The Morgan fingerprint density at radius 2 is 1.92 bits per heavy atom. The van der Waals surface area contributed by atoms with Gasteiger partial charge in [0, 0.05) is 23.6 Å². The fourth-order valence-corrected chi connectivity index (χ4v) is 2.71. The molecule has 0 unspecified atom stereocenters. The highest BCUT2D eigenvalue weighted by atomic mass is 19.1. The van der Waals surface area contributed by atoms with E-state index in [1.165, 1.54) is 13.2 Å². The smallest absolute Gasteiger partial charge is 0.267 e. The van der Waals surface area contributed by atoms with Crippen molar-refractivity contribution < 1.29 is 13.9 Å². The highest BCUT2D eigenvalue weighted by Gasteiger charge is 2.30. The van der Waals surface area contributed by atoms with Gasteiger partial charge >= 0.3 is 0 Å². The molecule has 3 aromatic rings. The van der Waals surface area contributed by atoms with Crippen LogP contribution >= 0.6 is 0 Å². The van der Waals surface area contributed by atoms with E-state index in [0.29, 0.717) is 11.3 Å². The summed E-state index contributed by atoms with van der Waals surface area (Å²) < 4.78 is 19.5. The zero-order valence-corrected chi connectivity index (χ0v) is 13.6. The molecular formula is C19H19FN2O2. The van der Waals surface area contributed by atoms with E-state index in [1.807, 2.05) is 24.3 Å². The minimum Gasteiger partial charge on any atom is -0.372 e. The number of amides is 1. The first-order valence-corrected chi connectivity index (χ1v) is 7.69. The number of hydrogen-bond acceptors (Lipinski definition) is 2. The van der Waals surface area contributed by atoms with Crippen LogP contribution in [-0.4, -0.2) is 24.5 Å². The SMILES string of the molecule is CO[C@](C)(CNC(=O)c1cc2ccccc2[nH]1)c1ccccc1F. The summed E-state index contributed by atoms with van der Waals surface area (Å²) in [6, 6.07) is 15.9. The predicted octanol–water partition coefficient (Wildman–Crippen LogP) is 3.60. The van der Waals surface area contributed by atoms with Crippen LogP contribution in [0.4, 0.5) is 4.39 Å². The Morgan fingerprint density at radius 1 is 1.21 bits per heavy atom. The van der Waals surface area contributed by atoms with Gasteiger partial charge in [0.15, 0.2) is 0 Å². The van der Waals surface area contributed by atoms with E-state index in [2.05, 4.69) is 10.3 Å². The van der Waals surface area contributed by atoms with Crippen molar-refractivity contribution in [3.05, 3.63) is 71.7 Å². The van der Waals surface area contributed by atoms with E-state index in [0.717, 1.165) is 10.9 Å². The topological polar surface area (TPSA) is 54.1 Å². The zero-order valence-electron chi connectivity index (χ0n) is 13.6. The fourth-order valence-electron chi connectivity index (χ4n) is 2.71. The number of hydrogen-bond donors (Lipinski definition) is 2. The highest BCUT2D eigenvalue weighted by molar-refractivity contribution is 5.98. The molecule has 1 aromatic heterocycles. The molecule has 0 radical (unpaired) electrons. The standard InChI is InChI=1S/C19H19FN2O2/c1-19(24-2,14-8-4-5-9-15(14)20)12-21-18(23)17-11-13-7-3-6-10-16(13)22-17/h3-11,22H,12H2,1-2H3,(H,21,23)/t19-/m1/s1. The van der Waals surface area contributed by atoms with Crippen molar-refractivity contribution >= 4 is 16.8 Å². The van der Waals surface area contributed by atoms with Gasteiger partial charge in [0.2, 0.25) is 0 Å². The zero-order chi connectivity index (χ0) is 17.2. The second kappa shape index (κ2) is 6.45. The molecule has 1 amide bonds. The molecule has 0 bridgehead atoms. The molecule has 124 valence electrons. The summed E-state index contributed by atoms with van der Waals surface area (Å²) in [4.78, 5) is 15.5. The van der Waals surface area contributed by atoms with Gasteiger partial charge in [-0.1, -0.05) is 36.4 Å². The molecule has 4 nitrogen and oxygen atoms in total. The van der Waals surface area contributed by atoms with Gasteiger partial charge in [-0.15, -0.1) is 0 Å². The van der Waals surface area contributed by atoms with Crippen LogP contribution in [-0.2, 0) is 10.3 Å². The first-order chi connectivity index (χ1) is 11.5. The molecule has 0 saturated heterocycles. The quantitative estimate of drug-likeness (QED) is 0.753. The van der Waals surface area contributed by atoms with E-state index in [9.17, 15) is 9.18 Å². The Morgan fingerprint density at radius 3 is 2.62 bits per heavy atom. The molecule has 2 N–H and O–H groups in total. The van der Waals surface area contributed by atoms with Crippen molar-refractivity contribution in [2.45, 2.75) is 12.5 Å². The Hall–Kier alpha value is -2.66. The Kier molecular flexibility index (Phi) is 4.36. The van der Waals surface area contributed by atoms with Crippen LogP contribution in [0, 0.1) is 5.82 Å². The van der Waals surface area contributed by atoms with Crippen LogP contribution in [0.25, 0.3) is 10.9 Å². The molecule has 3 rings (SSSR count). The number of para-hydroxylation sites is 1. The van der Waals surface area contributed by atoms with E-state index in [1.54, 1.807) is 31.2 Å². The van der Waals surface area contributed by atoms with Crippen LogP contribution < -0.4 is 5.32 Å². The summed E-state index contributed by atoms with van der Waals surface area (Å²) in [6.45, 7) is 1.90. The lowest BCUT2D eigenvalue weighted by Crippen LogP contribution is -2.40. The second-order valence-corrected chi connectivity index (χ2v) is 5.87. The maximum absolute atomic E-state index is 14.1. The van der Waals surface area contributed by atoms with Crippen molar-refractivity contribution in [3.8, 4) is 0 Å². The minimum absolute atomic E-state index is 0.151. The highest BCUT2D eigenvalue weighted by Crippen LogP contribution is 2.26. The normalized spacial score (nSPS) is 13.6. The molecule has 5 heteroatoms. The third-order valence-corrected chi connectivity index (χ3v) is 4.25. The van der Waals surface area contributed by atoms with Crippen LogP contribution in [0.5, 0.6) is 0 Å². The number of carbonyl (C=O) groups excluding carboxylic acids is 1. The molecule has 2 aromatic carbocycles. The number of halogens is 1. The van der Waals surface area contributed by atoms with Crippen LogP contribution in [0.2, 0.25) is 0 Å². The van der Waals surface area contributed by atoms with E-state index in [4.69, 9.17) is 4.74 Å². The maximum Gasteiger partial charge on any atom is 0.267 e. The van der Waals surface area contributed by atoms with Gasteiger partial charge in [-0.25, -0.2) is 4.39 Å². The molecule has 0 fully saturated rings. The average molecular weight is 326 g/mol.